The molecule has 2 saturated heterocycles. The van der Waals surface area contributed by atoms with Crippen LogP contribution in [0.2, 0.25) is 5.02 Å². The molecule has 3 aliphatic rings. The van der Waals surface area contributed by atoms with Gasteiger partial charge in [0, 0.05) is 49.1 Å². The van der Waals surface area contributed by atoms with Gasteiger partial charge < -0.3 is 14.5 Å². The van der Waals surface area contributed by atoms with Gasteiger partial charge in [-0.25, -0.2) is 0 Å². The van der Waals surface area contributed by atoms with Gasteiger partial charge in [0.15, 0.2) is 0 Å². The number of halogens is 1. The molecule has 1 aromatic rings. The molecule has 1 aliphatic carbocycles. The van der Waals surface area contributed by atoms with Crippen molar-refractivity contribution in [2.75, 3.05) is 46.4 Å². The van der Waals surface area contributed by atoms with Crippen molar-refractivity contribution in [2.45, 2.75) is 70.3 Å². The van der Waals surface area contributed by atoms with Crippen molar-refractivity contribution in [3.05, 3.63) is 29.3 Å². The van der Waals surface area contributed by atoms with Crippen molar-refractivity contribution < 1.29 is 14.3 Å². The highest BCUT2D eigenvalue weighted by atomic mass is 35.5. The fraction of sp³-hybridized carbons (Fsp3) is 0.704. The molecule has 3 fully saturated rings. The van der Waals surface area contributed by atoms with E-state index in [9.17, 15) is 9.59 Å². The topological polar surface area (TPSA) is 53.1 Å². The third kappa shape index (κ3) is 6.66. The molecule has 2 amide bonds. The molecule has 2 heterocycles. The summed E-state index contributed by atoms with van der Waals surface area (Å²) < 4.78 is 6.20. The first kappa shape index (κ1) is 25.3. The number of nitrogens with zero attached hydrogens (tertiary/aromatic N) is 3. The lowest BCUT2D eigenvalue weighted by Gasteiger charge is -2.44. The van der Waals surface area contributed by atoms with E-state index in [-0.39, 0.29) is 17.2 Å². The van der Waals surface area contributed by atoms with E-state index in [0.29, 0.717) is 42.9 Å². The van der Waals surface area contributed by atoms with Crippen LogP contribution in [0.5, 0.6) is 5.75 Å². The second-order valence-corrected chi connectivity index (χ2v) is 11.1. The van der Waals surface area contributed by atoms with Gasteiger partial charge in [-0.2, -0.15) is 0 Å². The number of ether oxygens (including phenoxy) is 1. The van der Waals surface area contributed by atoms with Crippen LogP contribution in [0.15, 0.2) is 24.3 Å². The monoisotopic (exact) mass is 489 g/mol. The minimum atomic E-state index is -0.378. The summed E-state index contributed by atoms with van der Waals surface area (Å²) in [7, 11) is 2.08. The summed E-state index contributed by atoms with van der Waals surface area (Å²) in [6, 6.07) is 7.92. The molecular formula is C27H40ClN3O3. The summed E-state index contributed by atoms with van der Waals surface area (Å²) in [6.07, 6.45) is 10.5. The lowest BCUT2D eigenvalue weighted by Crippen LogP contribution is -2.53. The maximum Gasteiger partial charge on any atom is 0.236 e. The number of hydrogen-bond donors (Lipinski definition) is 0. The Balaban J connectivity index is 1.45. The van der Waals surface area contributed by atoms with E-state index >= 15 is 0 Å². The highest BCUT2D eigenvalue weighted by Gasteiger charge is 2.41. The van der Waals surface area contributed by atoms with Crippen LogP contribution in [0.3, 0.4) is 0 Å². The lowest BCUT2D eigenvalue weighted by atomic mass is 9.77. The standard InChI is InChI=1S/C27H40ClN3O3/c1-29(23-10-3-4-11-23)19-26(33)31-16-8-13-27(20-31,18-25(32)30-14-5-2-6-15-30)21-34-24-12-7-9-22(28)17-24/h7,9,12,17,23H,2-6,8,10-11,13-16,18-21H2,1H3/t27-/m1/s1. The average Bonchev–Trinajstić information content (AvgIpc) is 3.39. The van der Waals surface area contributed by atoms with Gasteiger partial charge in [-0.05, 0) is 70.2 Å². The molecule has 0 radical (unpaired) electrons. The highest BCUT2D eigenvalue weighted by Crippen LogP contribution is 2.36. The number of carbonyl (C=O) groups is 2. The van der Waals surface area contributed by atoms with Crippen molar-refractivity contribution in [3.8, 4) is 5.75 Å². The quantitative estimate of drug-likeness (QED) is 0.535. The molecule has 1 aromatic carbocycles. The molecular weight excluding hydrogens is 450 g/mol. The number of likely N-dealkylation sites (tertiary alicyclic amines) is 2. The summed E-state index contributed by atoms with van der Waals surface area (Å²) in [6.45, 7) is 3.89. The molecule has 4 rings (SSSR count). The van der Waals surface area contributed by atoms with Crippen LogP contribution < -0.4 is 4.74 Å². The normalized spacial score (nSPS) is 24.0. The zero-order chi connectivity index (χ0) is 24.0. The van der Waals surface area contributed by atoms with E-state index in [0.717, 1.165) is 45.3 Å². The molecule has 0 unspecified atom stereocenters. The summed E-state index contributed by atoms with van der Waals surface area (Å²) >= 11 is 6.16. The number of rotatable bonds is 8. The molecule has 1 saturated carbocycles. The number of likely N-dealkylation sites (N-methyl/N-ethyl adjacent to an activating group) is 1. The third-order valence-electron chi connectivity index (χ3n) is 7.92. The van der Waals surface area contributed by atoms with Gasteiger partial charge in [-0.15, -0.1) is 0 Å². The van der Waals surface area contributed by atoms with E-state index in [1.807, 2.05) is 34.1 Å². The van der Waals surface area contributed by atoms with Gasteiger partial charge >= 0.3 is 0 Å². The number of amides is 2. The minimum Gasteiger partial charge on any atom is -0.493 e. The van der Waals surface area contributed by atoms with Gasteiger partial charge in [-0.1, -0.05) is 30.5 Å². The first-order valence-electron chi connectivity index (χ1n) is 13.1. The van der Waals surface area contributed by atoms with E-state index < -0.39 is 0 Å². The Morgan fingerprint density at radius 1 is 1.03 bits per heavy atom. The molecule has 7 heteroatoms. The molecule has 2 aliphatic heterocycles. The molecule has 0 N–H and O–H groups in total. The van der Waals surface area contributed by atoms with E-state index in [4.69, 9.17) is 16.3 Å². The van der Waals surface area contributed by atoms with Crippen LogP contribution in [0.25, 0.3) is 0 Å². The summed E-state index contributed by atoms with van der Waals surface area (Å²) in [5.41, 5.74) is -0.378. The van der Waals surface area contributed by atoms with Crippen LogP contribution in [-0.4, -0.2) is 78.9 Å². The fourth-order valence-corrected chi connectivity index (χ4v) is 6.07. The van der Waals surface area contributed by atoms with E-state index in [1.54, 1.807) is 0 Å². The Bertz CT molecular complexity index is 838. The smallest absolute Gasteiger partial charge is 0.236 e. The zero-order valence-corrected chi connectivity index (χ0v) is 21.4. The van der Waals surface area contributed by atoms with Gasteiger partial charge in [0.05, 0.1) is 13.2 Å². The minimum absolute atomic E-state index is 0.173. The Kier molecular flexibility index (Phi) is 8.75. The van der Waals surface area contributed by atoms with Crippen molar-refractivity contribution in [3.63, 3.8) is 0 Å². The maximum absolute atomic E-state index is 13.3. The fourth-order valence-electron chi connectivity index (χ4n) is 5.89. The van der Waals surface area contributed by atoms with E-state index in [2.05, 4.69) is 11.9 Å². The Labute approximate surface area is 209 Å². The summed E-state index contributed by atoms with van der Waals surface area (Å²) in [5, 5.41) is 0.631. The molecule has 188 valence electrons. The Morgan fingerprint density at radius 2 is 1.76 bits per heavy atom. The zero-order valence-electron chi connectivity index (χ0n) is 20.6. The third-order valence-corrected chi connectivity index (χ3v) is 8.16. The number of piperidine rings is 2. The SMILES string of the molecule is CN(CC(=O)N1CCC[C@@](COc2cccc(Cl)c2)(CC(=O)N2CCCCC2)C1)C1CCCC1. The van der Waals surface area contributed by atoms with Crippen molar-refractivity contribution in [2.24, 2.45) is 5.41 Å². The first-order chi connectivity index (χ1) is 16.4. The van der Waals surface area contributed by atoms with Crippen LogP contribution in [0.4, 0.5) is 0 Å². The predicted octanol–water partition coefficient (Wildman–Crippen LogP) is 4.60. The second kappa shape index (κ2) is 11.8. The number of hydrogen-bond acceptors (Lipinski definition) is 4. The molecule has 0 spiro atoms. The van der Waals surface area contributed by atoms with Gasteiger partial charge in [0.25, 0.3) is 0 Å². The van der Waals surface area contributed by atoms with Crippen LogP contribution in [0.1, 0.15) is 64.2 Å². The second-order valence-electron chi connectivity index (χ2n) is 10.6. The molecule has 0 aromatic heterocycles. The van der Waals surface area contributed by atoms with Crippen molar-refractivity contribution in [1.29, 1.82) is 0 Å². The van der Waals surface area contributed by atoms with Crippen LogP contribution in [0, 0.1) is 5.41 Å². The summed E-state index contributed by atoms with van der Waals surface area (Å²) in [4.78, 5) is 32.8. The summed E-state index contributed by atoms with van der Waals surface area (Å²) in [5.74, 6) is 1.08. The van der Waals surface area contributed by atoms with Gasteiger partial charge in [0.1, 0.15) is 5.75 Å². The highest BCUT2D eigenvalue weighted by molar-refractivity contribution is 6.30. The number of carbonyl (C=O) groups excluding carboxylic acids is 2. The molecule has 0 bridgehead atoms. The maximum atomic E-state index is 13.3. The largest absolute Gasteiger partial charge is 0.493 e. The number of benzene rings is 1. The van der Waals surface area contributed by atoms with E-state index in [1.165, 1.54) is 32.1 Å². The van der Waals surface area contributed by atoms with Gasteiger partial charge in [-0.3, -0.25) is 14.5 Å². The molecule has 1 atom stereocenters. The lowest BCUT2D eigenvalue weighted by molar-refractivity contribution is -0.142. The Hall–Kier alpha value is -1.79. The first-order valence-corrected chi connectivity index (χ1v) is 13.5. The Morgan fingerprint density at radius 3 is 2.50 bits per heavy atom. The van der Waals surface area contributed by atoms with Crippen molar-refractivity contribution in [1.82, 2.24) is 14.7 Å². The van der Waals surface area contributed by atoms with Gasteiger partial charge in [0.2, 0.25) is 11.8 Å². The molecule has 34 heavy (non-hydrogen) atoms. The van der Waals surface area contributed by atoms with Crippen molar-refractivity contribution >= 4 is 23.4 Å². The predicted molar refractivity (Wildman–Crippen MR) is 135 cm³/mol. The van der Waals surface area contributed by atoms with Crippen LogP contribution in [-0.2, 0) is 9.59 Å². The van der Waals surface area contributed by atoms with Crippen LogP contribution >= 0.6 is 11.6 Å². The average molecular weight is 490 g/mol. The molecule has 6 nitrogen and oxygen atoms in total.